The largest absolute Gasteiger partial charge is 0.433 e. The molecule has 2 aromatic rings. The average molecular weight is 379 g/mol. The van der Waals surface area contributed by atoms with Crippen LogP contribution in [0.2, 0.25) is 0 Å². The summed E-state index contributed by atoms with van der Waals surface area (Å²) in [5, 5.41) is 2.62. The summed E-state index contributed by atoms with van der Waals surface area (Å²) in [5.74, 6) is -0.636. The molecule has 0 radical (unpaired) electrons. The number of carbonyl (C=O) groups excluding carboxylic acids is 1. The minimum atomic E-state index is -2.96. The zero-order valence-electron chi connectivity index (χ0n) is 14.6. The highest BCUT2D eigenvalue weighted by Gasteiger charge is 2.20. The van der Waals surface area contributed by atoms with Crippen molar-refractivity contribution in [3.05, 3.63) is 54.3 Å². The fraction of sp³-hybridized carbons (Fsp3) is 0.316. The summed E-state index contributed by atoms with van der Waals surface area (Å²) in [5.41, 5.74) is 1.16. The molecule has 1 fully saturated rings. The normalized spacial score (nSPS) is 15.0. The number of hydrogen-bond acceptors (Lipinski definition) is 4. The number of hydrogen-bond donors (Lipinski definition) is 1. The molecule has 5 nitrogen and oxygen atoms in total. The van der Waals surface area contributed by atoms with Crippen LogP contribution in [0, 0.1) is 5.82 Å². The number of rotatable bonds is 6. The number of halogens is 3. The fourth-order valence-electron chi connectivity index (χ4n) is 2.98. The van der Waals surface area contributed by atoms with Crippen LogP contribution >= 0.6 is 0 Å². The van der Waals surface area contributed by atoms with Crippen molar-refractivity contribution >= 4 is 17.3 Å². The van der Waals surface area contributed by atoms with Crippen LogP contribution in [0.25, 0.3) is 0 Å². The third-order valence-corrected chi connectivity index (χ3v) is 4.31. The van der Waals surface area contributed by atoms with E-state index in [9.17, 15) is 18.0 Å². The molecule has 1 heterocycles. The van der Waals surface area contributed by atoms with Gasteiger partial charge in [-0.2, -0.15) is 8.78 Å². The number of nitrogens with zero attached hydrogens (tertiary/aromatic N) is 2. The number of anilines is 2. The molecule has 3 rings (SSSR count). The summed E-state index contributed by atoms with van der Waals surface area (Å²) in [6, 6.07) is 12.4. The fourth-order valence-corrected chi connectivity index (χ4v) is 2.98. The lowest BCUT2D eigenvalue weighted by Gasteiger charge is -2.35. The Kier molecular flexibility index (Phi) is 6.18. The van der Waals surface area contributed by atoms with Crippen LogP contribution in [0.1, 0.15) is 0 Å². The standard InChI is InChI=1S/C19H20F3N3O2/c20-14-5-7-15(8-6-14)25-11-9-24(10-12-25)13-18(26)23-16-3-1-2-4-17(16)27-19(21)22/h1-8,19H,9-13H2,(H,23,26). The van der Waals surface area contributed by atoms with Crippen molar-refractivity contribution in [2.45, 2.75) is 6.61 Å². The molecular formula is C19H20F3N3O2. The lowest BCUT2D eigenvalue weighted by atomic mass is 10.2. The highest BCUT2D eigenvalue weighted by Crippen LogP contribution is 2.25. The van der Waals surface area contributed by atoms with E-state index in [0.29, 0.717) is 26.2 Å². The van der Waals surface area contributed by atoms with Crippen LogP contribution in [-0.4, -0.2) is 50.1 Å². The summed E-state index contributed by atoms with van der Waals surface area (Å²) < 4.78 is 42.3. The van der Waals surface area contributed by atoms with Crippen molar-refractivity contribution < 1.29 is 22.7 Å². The molecule has 2 aromatic carbocycles. The number of alkyl halides is 2. The second kappa shape index (κ2) is 8.77. The maximum atomic E-state index is 13.0. The van der Waals surface area contributed by atoms with Gasteiger partial charge in [0.05, 0.1) is 12.2 Å². The van der Waals surface area contributed by atoms with Gasteiger partial charge in [-0.25, -0.2) is 4.39 Å². The van der Waals surface area contributed by atoms with E-state index < -0.39 is 6.61 Å². The van der Waals surface area contributed by atoms with E-state index in [0.717, 1.165) is 5.69 Å². The van der Waals surface area contributed by atoms with Gasteiger partial charge in [-0.15, -0.1) is 0 Å². The summed E-state index contributed by atoms with van der Waals surface area (Å²) in [6.07, 6.45) is 0. The van der Waals surface area contributed by atoms with Gasteiger partial charge in [0, 0.05) is 31.9 Å². The molecule has 1 aliphatic heterocycles. The van der Waals surface area contributed by atoms with Gasteiger partial charge in [0.2, 0.25) is 5.91 Å². The Morgan fingerprint density at radius 1 is 1.04 bits per heavy atom. The van der Waals surface area contributed by atoms with Gasteiger partial charge in [0.25, 0.3) is 0 Å². The average Bonchev–Trinajstić information content (AvgIpc) is 2.64. The number of benzene rings is 2. The van der Waals surface area contributed by atoms with Crippen molar-refractivity contribution in [2.75, 3.05) is 42.9 Å². The molecule has 1 amide bonds. The van der Waals surface area contributed by atoms with Crippen molar-refractivity contribution in [3.63, 3.8) is 0 Å². The van der Waals surface area contributed by atoms with E-state index in [-0.39, 0.29) is 29.7 Å². The van der Waals surface area contributed by atoms with Crippen LogP contribution in [-0.2, 0) is 4.79 Å². The smallest absolute Gasteiger partial charge is 0.387 e. The Morgan fingerprint density at radius 2 is 1.70 bits per heavy atom. The molecule has 27 heavy (non-hydrogen) atoms. The highest BCUT2D eigenvalue weighted by atomic mass is 19.3. The predicted molar refractivity (Wildman–Crippen MR) is 96.8 cm³/mol. The van der Waals surface area contributed by atoms with Gasteiger partial charge in [-0.3, -0.25) is 9.69 Å². The number of piperazine rings is 1. The Morgan fingerprint density at radius 3 is 2.37 bits per heavy atom. The van der Waals surface area contributed by atoms with E-state index in [1.165, 1.54) is 24.3 Å². The van der Waals surface area contributed by atoms with Gasteiger partial charge in [0.15, 0.2) is 0 Å². The van der Waals surface area contributed by atoms with Crippen LogP contribution in [0.3, 0.4) is 0 Å². The first-order valence-electron chi connectivity index (χ1n) is 8.58. The molecule has 1 N–H and O–H groups in total. The Balaban J connectivity index is 1.51. The molecular weight excluding hydrogens is 359 g/mol. The van der Waals surface area contributed by atoms with Gasteiger partial charge in [-0.1, -0.05) is 12.1 Å². The third kappa shape index (κ3) is 5.37. The van der Waals surface area contributed by atoms with Crippen molar-refractivity contribution in [1.82, 2.24) is 4.90 Å². The number of nitrogens with one attached hydrogen (secondary N) is 1. The monoisotopic (exact) mass is 379 g/mol. The van der Waals surface area contributed by atoms with E-state index in [2.05, 4.69) is 15.0 Å². The van der Waals surface area contributed by atoms with E-state index >= 15 is 0 Å². The van der Waals surface area contributed by atoms with Gasteiger partial charge in [0.1, 0.15) is 11.6 Å². The first kappa shape index (κ1) is 19.0. The SMILES string of the molecule is O=C(CN1CCN(c2ccc(F)cc2)CC1)Nc1ccccc1OC(F)F. The van der Waals surface area contributed by atoms with Gasteiger partial charge >= 0.3 is 6.61 Å². The Bertz CT molecular complexity index is 763. The van der Waals surface area contributed by atoms with Crippen molar-refractivity contribution in [1.29, 1.82) is 0 Å². The molecule has 8 heteroatoms. The maximum absolute atomic E-state index is 13.0. The number of ether oxygens (including phenoxy) is 1. The first-order chi connectivity index (χ1) is 13.0. The van der Waals surface area contributed by atoms with Crippen LogP contribution in [0.5, 0.6) is 5.75 Å². The minimum absolute atomic E-state index is 0.0676. The minimum Gasteiger partial charge on any atom is -0.433 e. The molecule has 1 saturated heterocycles. The number of carbonyl (C=O) groups is 1. The lowest BCUT2D eigenvalue weighted by Crippen LogP contribution is -2.48. The molecule has 0 unspecified atom stereocenters. The Labute approximate surface area is 155 Å². The summed E-state index contributed by atoms with van der Waals surface area (Å²) in [7, 11) is 0. The molecule has 0 spiro atoms. The van der Waals surface area contributed by atoms with Gasteiger partial charge < -0.3 is 15.0 Å². The molecule has 0 atom stereocenters. The quantitative estimate of drug-likeness (QED) is 0.837. The molecule has 0 aromatic heterocycles. The second-order valence-electron chi connectivity index (χ2n) is 6.16. The lowest BCUT2D eigenvalue weighted by molar-refractivity contribution is -0.117. The molecule has 0 aliphatic carbocycles. The first-order valence-corrected chi connectivity index (χ1v) is 8.58. The zero-order chi connectivity index (χ0) is 19.2. The molecule has 0 saturated carbocycles. The van der Waals surface area contributed by atoms with E-state index in [4.69, 9.17) is 0 Å². The zero-order valence-corrected chi connectivity index (χ0v) is 14.6. The third-order valence-electron chi connectivity index (χ3n) is 4.31. The van der Waals surface area contributed by atoms with Crippen LogP contribution < -0.4 is 15.0 Å². The summed E-state index contributed by atoms with van der Waals surface area (Å²) in [6.45, 7) is -0.0450. The molecule has 1 aliphatic rings. The maximum Gasteiger partial charge on any atom is 0.387 e. The van der Waals surface area contributed by atoms with Crippen LogP contribution in [0.15, 0.2) is 48.5 Å². The second-order valence-corrected chi connectivity index (χ2v) is 6.16. The van der Waals surface area contributed by atoms with Crippen LogP contribution in [0.4, 0.5) is 24.5 Å². The topological polar surface area (TPSA) is 44.8 Å². The van der Waals surface area contributed by atoms with Crippen molar-refractivity contribution in [2.24, 2.45) is 0 Å². The van der Waals surface area contributed by atoms with E-state index in [1.807, 2.05) is 4.90 Å². The summed E-state index contributed by atoms with van der Waals surface area (Å²) in [4.78, 5) is 16.4. The van der Waals surface area contributed by atoms with E-state index in [1.54, 1.807) is 24.3 Å². The number of amides is 1. The predicted octanol–water partition coefficient (Wildman–Crippen LogP) is 3.19. The summed E-state index contributed by atoms with van der Waals surface area (Å²) >= 11 is 0. The van der Waals surface area contributed by atoms with Gasteiger partial charge in [-0.05, 0) is 36.4 Å². The molecule has 144 valence electrons. The number of para-hydroxylation sites is 2. The highest BCUT2D eigenvalue weighted by molar-refractivity contribution is 5.93. The van der Waals surface area contributed by atoms with Crippen molar-refractivity contribution in [3.8, 4) is 5.75 Å². The Hall–Kier alpha value is -2.74. The molecule has 0 bridgehead atoms.